The van der Waals surface area contributed by atoms with Gasteiger partial charge in [0.15, 0.2) is 0 Å². The molecule has 1 amide bonds. The molecule has 5 heteroatoms. The van der Waals surface area contributed by atoms with Crippen molar-refractivity contribution in [2.24, 2.45) is 5.73 Å². The molecule has 1 aromatic rings. The molecular formula is C15H23ClN2O2. The minimum Gasteiger partial charge on any atom is -0.497 e. The molecule has 112 valence electrons. The molecule has 2 N–H and O–H groups in total. The minimum absolute atomic E-state index is 0. The molecule has 0 bridgehead atoms. The topological polar surface area (TPSA) is 55.6 Å². The predicted octanol–water partition coefficient (Wildman–Crippen LogP) is 2.52. The zero-order valence-corrected chi connectivity index (χ0v) is 13.1. The van der Waals surface area contributed by atoms with Crippen molar-refractivity contribution in [1.82, 2.24) is 0 Å². The molecular weight excluding hydrogens is 276 g/mol. The number of nitrogens with two attached hydrogens (primary N) is 1. The van der Waals surface area contributed by atoms with Gasteiger partial charge in [-0.05, 0) is 43.5 Å². The van der Waals surface area contributed by atoms with Crippen molar-refractivity contribution in [1.29, 1.82) is 0 Å². The number of benzene rings is 1. The lowest BCUT2D eigenvalue weighted by molar-refractivity contribution is -0.123. The van der Waals surface area contributed by atoms with Crippen LogP contribution in [0.1, 0.15) is 32.3 Å². The highest BCUT2D eigenvalue weighted by atomic mass is 35.5. The monoisotopic (exact) mass is 298 g/mol. The highest BCUT2D eigenvalue weighted by Gasteiger charge is 2.35. The summed E-state index contributed by atoms with van der Waals surface area (Å²) in [6, 6.07) is 5.83. The van der Waals surface area contributed by atoms with Gasteiger partial charge >= 0.3 is 0 Å². The fourth-order valence-corrected chi connectivity index (χ4v) is 2.65. The molecule has 0 aliphatic carbocycles. The summed E-state index contributed by atoms with van der Waals surface area (Å²) in [5.41, 5.74) is 7.49. The Kier molecular flexibility index (Phi) is 5.42. The largest absolute Gasteiger partial charge is 0.497 e. The quantitative estimate of drug-likeness (QED) is 0.929. The average Bonchev–Trinajstić information content (AvgIpc) is 2.80. The summed E-state index contributed by atoms with van der Waals surface area (Å²) in [5, 5.41) is 0. The number of methoxy groups -OCH3 is 1. The maximum Gasteiger partial charge on any atom is 0.246 e. The summed E-state index contributed by atoms with van der Waals surface area (Å²) in [6.45, 7) is 4.57. The third-order valence-corrected chi connectivity index (χ3v) is 3.69. The predicted molar refractivity (Wildman–Crippen MR) is 83.8 cm³/mol. The first kappa shape index (κ1) is 16.8. The summed E-state index contributed by atoms with van der Waals surface area (Å²) in [4.78, 5) is 14.4. The van der Waals surface area contributed by atoms with E-state index in [1.807, 2.05) is 36.9 Å². The maximum atomic E-state index is 12.5. The van der Waals surface area contributed by atoms with Crippen molar-refractivity contribution in [3.05, 3.63) is 23.8 Å². The second-order valence-corrected chi connectivity index (χ2v) is 5.37. The molecule has 2 rings (SSSR count). The number of rotatable bonds is 4. The van der Waals surface area contributed by atoms with Crippen molar-refractivity contribution >= 4 is 24.0 Å². The van der Waals surface area contributed by atoms with Crippen LogP contribution in [0.2, 0.25) is 0 Å². The van der Waals surface area contributed by atoms with Crippen LogP contribution in [0, 0.1) is 0 Å². The van der Waals surface area contributed by atoms with Crippen LogP contribution in [-0.2, 0) is 11.2 Å². The Labute approximate surface area is 126 Å². The number of anilines is 1. The summed E-state index contributed by atoms with van der Waals surface area (Å²) in [7, 11) is 1.65. The first-order valence-electron chi connectivity index (χ1n) is 6.77. The van der Waals surface area contributed by atoms with Crippen LogP contribution in [0.25, 0.3) is 0 Å². The summed E-state index contributed by atoms with van der Waals surface area (Å²) in [5.74, 6) is 0.843. The summed E-state index contributed by atoms with van der Waals surface area (Å²) in [6.07, 6.45) is 2.47. The molecule has 0 fully saturated rings. The number of hydrogen-bond donors (Lipinski definition) is 1. The van der Waals surface area contributed by atoms with Gasteiger partial charge in [0.2, 0.25) is 5.91 Å². The smallest absolute Gasteiger partial charge is 0.246 e. The third kappa shape index (κ3) is 3.07. The van der Waals surface area contributed by atoms with E-state index in [1.54, 1.807) is 7.11 Å². The highest BCUT2D eigenvalue weighted by molar-refractivity contribution is 6.01. The Bertz CT molecular complexity index is 489. The van der Waals surface area contributed by atoms with E-state index >= 15 is 0 Å². The van der Waals surface area contributed by atoms with Crippen LogP contribution in [0.5, 0.6) is 5.75 Å². The van der Waals surface area contributed by atoms with Crippen molar-refractivity contribution in [3.63, 3.8) is 0 Å². The van der Waals surface area contributed by atoms with Crippen molar-refractivity contribution in [2.75, 3.05) is 18.6 Å². The second-order valence-electron chi connectivity index (χ2n) is 5.37. The number of carbonyl (C=O) groups excluding carboxylic acids is 1. The Hall–Kier alpha value is -1.26. The van der Waals surface area contributed by atoms with E-state index in [2.05, 4.69) is 0 Å². The number of amides is 1. The van der Waals surface area contributed by atoms with E-state index in [9.17, 15) is 4.79 Å². The van der Waals surface area contributed by atoms with Gasteiger partial charge < -0.3 is 15.4 Å². The molecule has 1 aromatic carbocycles. The summed E-state index contributed by atoms with van der Waals surface area (Å²) < 4.78 is 5.21. The fraction of sp³-hybridized carbons (Fsp3) is 0.533. The zero-order valence-electron chi connectivity index (χ0n) is 12.3. The molecule has 1 aliphatic rings. The Morgan fingerprint density at radius 3 is 2.80 bits per heavy atom. The lowest BCUT2D eigenvalue weighted by Gasteiger charge is -2.29. The minimum atomic E-state index is -0.781. The van der Waals surface area contributed by atoms with Crippen molar-refractivity contribution < 1.29 is 9.53 Å². The van der Waals surface area contributed by atoms with Gasteiger partial charge in [0.25, 0.3) is 0 Å². The number of nitrogens with zero attached hydrogens (tertiary/aromatic N) is 1. The zero-order chi connectivity index (χ0) is 14.0. The average molecular weight is 299 g/mol. The van der Waals surface area contributed by atoms with Crippen LogP contribution in [-0.4, -0.2) is 25.1 Å². The van der Waals surface area contributed by atoms with E-state index in [0.29, 0.717) is 13.0 Å². The molecule has 1 aliphatic heterocycles. The normalized spacial score (nSPS) is 16.1. The Balaban J connectivity index is 0.00000200. The number of halogens is 1. The van der Waals surface area contributed by atoms with Gasteiger partial charge in [-0.2, -0.15) is 0 Å². The second kappa shape index (κ2) is 6.46. The summed E-state index contributed by atoms with van der Waals surface area (Å²) >= 11 is 0. The van der Waals surface area contributed by atoms with Gasteiger partial charge in [0.05, 0.1) is 12.6 Å². The van der Waals surface area contributed by atoms with E-state index < -0.39 is 5.54 Å². The number of carbonyl (C=O) groups is 1. The lowest BCUT2D eigenvalue weighted by Crippen LogP contribution is -2.53. The third-order valence-electron chi connectivity index (χ3n) is 3.69. The molecule has 0 aromatic heterocycles. The van der Waals surface area contributed by atoms with Crippen LogP contribution in [0.4, 0.5) is 5.69 Å². The SMILES string of the molecule is CCCC(C)(N)C(=O)N1CCc2cc(OC)ccc21.Cl. The van der Waals surface area contributed by atoms with Gasteiger partial charge in [0, 0.05) is 12.2 Å². The van der Waals surface area contributed by atoms with Crippen molar-refractivity contribution in [3.8, 4) is 5.75 Å². The molecule has 1 unspecified atom stereocenters. The lowest BCUT2D eigenvalue weighted by atomic mass is 9.95. The van der Waals surface area contributed by atoms with Gasteiger partial charge in [0.1, 0.15) is 5.75 Å². The molecule has 1 heterocycles. The number of hydrogen-bond acceptors (Lipinski definition) is 3. The number of fused-ring (bicyclic) bond motifs is 1. The molecule has 4 nitrogen and oxygen atoms in total. The molecule has 0 saturated carbocycles. The van der Waals surface area contributed by atoms with Crippen molar-refractivity contribution in [2.45, 2.75) is 38.6 Å². The van der Waals surface area contributed by atoms with E-state index in [-0.39, 0.29) is 18.3 Å². The van der Waals surface area contributed by atoms with Gasteiger partial charge in [-0.15, -0.1) is 12.4 Å². The first-order valence-corrected chi connectivity index (χ1v) is 6.77. The van der Waals surface area contributed by atoms with E-state index in [0.717, 1.165) is 29.8 Å². The molecule has 1 atom stereocenters. The molecule has 20 heavy (non-hydrogen) atoms. The van der Waals surface area contributed by atoms with Crippen LogP contribution in [0.15, 0.2) is 18.2 Å². The number of ether oxygens (including phenoxy) is 1. The van der Waals surface area contributed by atoms with Crippen LogP contribution >= 0.6 is 12.4 Å². The Morgan fingerprint density at radius 1 is 1.50 bits per heavy atom. The molecule has 0 spiro atoms. The molecule has 0 radical (unpaired) electrons. The van der Waals surface area contributed by atoms with E-state index in [1.165, 1.54) is 0 Å². The van der Waals surface area contributed by atoms with E-state index in [4.69, 9.17) is 10.5 Å². The van der Waals surface area contributed by atoms with Crippen LogP contribution in [0.3, 0.4) is 0 Å². The highest BCUT2D eigenvalue weighted by Crippen LogP contribution is 2.32. The van der Waals surface area contributed by atoms with Gasteiger partial charge in [-0.1, -0.05) is 13.3 Å². The van der Waals surface area contributed by atoms with Gasteiger partial charge in [-0.25, -0.2) is 0 Å². The van der Waals surface area contributed by atoms with Crippen LogP contribution < -0.4 is 15.4 Å². The fourth-order valence-electron chi connectivity index (χ4n) is 2.65. The van der Waals surface area contributed by atoms with Gasteiger partial charge in [-0.3, -0.25) is 4.79 Å². The first-order chi connectivity index (χ1) is 8.99. The standard InChI is InChI=1S/C15H22N2O2.ClH/c1-4-8-15(2,16)14(18)17-9-7-11-10-12(19-3)5-6-13(11)17;/h5-6,10H,4,7-9,16H2,1-3H3;1H. The molecule has 0 saturated heterocycles. The Morgan fingerprint density at radius 2 is 2.20 bits per heavy atom. The maximum absolute atomic E-state index is 12.5.